The van der Waals surface area contributed by atoms with Crippen molar-refractivity contribution in [3.05, 3.63) is 48.0 Å². The van der Waals surface area contributed by atoms with Gasteiger partial charge in [0.15, 0.2) is 11.3 Å². The average molecular weight is 282 g/mol. The van der Waals surface area contributed by atoms with E-state index in [9.17, 15) is 4.79 Å². The minimum Gasteiger partial charge on any atom is -0.496 e. The summed E-state index contributed by atoms with van der Waals surface area (Å²) >= 11 is 0. The lowest BCUT2D eigenvalue weighted by Gasteiger charge is -2.04. The van der Waals surface area contributed by atoms with E-state index in [0.29, 0.717) is 22.7 Å². The Kier molecular flexibility index (Phi) is 3.36. The van der Waals surface area contributed by atoms with Crippen LogP contribution < -0.4 is 9.47 Å². The number of hydrogen-bond acceptors (Lipinski definition) is 4. The molecule has 1 heterocycles. The van der Waals surface area contributed by atoms with Crippen LogP contribution in [0.25, 0.3) is 22.3 Å². The molecule has 106 valence electrons. The Balaban J connectivity index is 2.23. The molecular formula is C17H14O4. The maximum Gasteiger partial charge on any atom is 0.176 e. The van der Waals surface area contributed by atoms with E-state index >= 15 is 0 Å². The first kappa shape index (κ1) is 13.2. The van der Waals surface area contributed by atoms with Crippen LogP contribution in [0.15, 0.2) is 46.9 Å². The van der Waals surface area contributed by atoms with Gasteiger partial charge in [0.2, 0.25) is 0 Å². The summed E-state index contributed by atoms with van der Waals surface area (Å²) in [6, 6.07) is 12.9. The SMILES string of the molecule is COc1ccccc1-c1cc2cc(C=O)cc(OC)c2o1. The van der Waals surface area contributed by atoms with Gasteiger partial charge < -0.3 is 13.9 Å². The Labute approximate surface area is 121 Å². The van der Waals surface area contributed by atoms with Crippen LogP contribution in [0.4, 0.5) is 0 Å². The van der Waals surface area contributed by atoms with E-state index in [0.717, 1.165) is 23.0 Å². The summed E-state index contributed by atoms with van der Waals surface area (Å²) in [6.07, 6.45) is 0.789. The fourth-order valence-electron chi connectivity index (χ4n) is 2.34. The lowest BCUT2D eigenvalue weighted by atomic mass is 10.1. The molecule has 0 spiro atoms. The number of para-hydroxylation sites is 1. The molecule has 0 N–H and O–H groups in total. The predicted molar refractivity (Wildman–Crippen MR) is 80.1 cm³/mol. The number of furan rings is 1. The molecule has 2 aromatic carbocycles. The van der Waals surface area contributed by atoms with Gasteiger partial charge in [-0.05, 0) is 30.3 Å². The number of benzene rings is 2. The fraction of sp³-hybridized carbons (Fsp3) is 0.118. The summed E-state index contributed by atoms with van der Waals surface area (Å²) in [5.74, 6) is 1.94. The average Bonchev–Trinajstić information content (AvgIpc) is 2.97. The normalized spacial score (nSPS) is 10.6. The summed E-state index contributed by atoms with van der Waals surface area (Å²) in [7, 11) is 3.17. The van der Waals surface area contributed by atoms with Crippen LogP contribution in [-0.2, 0) is 0 Å². The molecule has 0 fully saturated rings. The van der Waals surface area contributed by atoms with E-state index in [2.05, 4.69) is 0 Å². The van der Waals surface area contributed by atoms with Gasteiger partial charge in [0.25, 0.3) is 0 Å². The molecule has 0 saturated heterocycles. The highest BCUT2D eigenvalue weighted by Gasteiger charge is 2.14. The highest BCUT2D eigenvalue weighted by atomic mass is 16.5. The largest absolute Gasteiger partial charge is 0.496 e. The number of aldehydes is 1. The van der Waals surface area contributed by atoms with Gasteiger partial charge in [-0.1, -0.05) is 12.1 Å². The molecule has 0 radical (unpaired) electrons. The zero-order valence-electron chi connectivity index (χ0n) is 11.8. The van der Waals surface area contributed by atoms with Gasteiger partial charge >= 0.3 is 0 Å². The lowest BCUT2D eigenvalue weighted by molar-refractivity contribution is 0.112. The van der Waals surface area contributed by atoms with Crippen molar-refractivity contribution >= 4 is 17.3 Å². The second kappa shape index (κ2) is 5.32. The van der Waals surface area contributed by atoms with Crippen molar-refractivity contribution in [2.24, 2.45) is 0 Å². The topological polar surface area (TPSA) is 48.7 Å². The van der Waals surface area contributed by atoms with Crippen LogP contribution in [0.2, 0.25) is 0 Å². The number of rotatable bonds is 4. The second-order valence-electron chi connectivity index (χ2n) is 4.57. The summed E-state index contributed by atoms with van der Waals surface area (Å²) in [5.41, 5.74) is 2.02. The minimum atomic E-state index is 0.538. The highest BCUT2D eigenvalue weighted by Crippen LogP contribution is 2.37. The van der Waals surface area contributed by atoms with Crippen LogP contribution in [0.1, 0.15) is 10.4 Å². The molecule has 0 unspecified atom stereocenters. The van der Waals surface area contributed by atoms with Gasteiger partial charge in [0, 0.05) is 10.9 Å². The maximum atomic E-state index is 11.0. The molecule has 1 aromatic heterocycles. The quantitative estimate of drug-likeness (QED) is 0.680. The van der Waals surface area contributed by atoms with Crippen molar-refractivity contribution in [1.29, 1.82) is 0 Å². The Morgan fingerprint density at radius 2 is 1.76 bits per heavy atom. The van der Waals surface area contributed by atoms with Gasteiger partial charge in [-0.3, -0.25) is 4.79 Å². The van der Waals surface area contributed by atoms with Crippen LogP contribution in [0, 0.1) is 0 Å². The third-order valence-electron chi connectivity index (χ3n) is 3.33. The third kappa shape index (κ3) is 2.25. The molecule has 4 heteroatoms. The summed E-state index contributed by atoms with van der Waals surface area (Å²) < 4.78 is 16.5. The number of hydrogen-bond donors (Lipinski definition) is 0. The van der Waals surface area contributed by atoms with Gasteiger partial charge in [-0.2, -0.15) is 0 Å². The third-order valence-corrected chi connectivity index (χ3v) is 3.33. The summed E-state index contributed by atoms with van der Waals surface area (Å²) in [4.78, 5) is 11.0. The fourth-order valence-corrected chi connectivity index (χ4v) is 2.34. The molecule has 0 bridgehead atoms. The summed E-state index contributed by atoms with van der Waals surface area (Å²) in [6.45, 7) is 0. The smallest absolute Gasteiger partial charge is 0.176 e. The number of methoxy groups -OCH3 is 2. The second-order valence-corrected chi connectivity index (χ2v) is 4.57. The minimum absolute atomic E-state index is 0.538. The van der Waals surface area contributed by atoms with Crippen molar-refractivity contribution in [2.75, 3.05) is 14.2 Å². The standard InChI is InChI=1S/C17H14O4/c1-19-14-6-4-3-5-13(14)15-9-12-7-11(10-18)8-16(20-2)17(12)21-15/h3-10H,1-2H3. The van der Waals surface area contributed by atoms with Crippen LogP contribution >= 0.6 is 0 Å². The molecule has 0 aliphatic heterocycles. The van der Waals surface area contributed by atoms with E-state index in [1.165, 1.54) is 0 Å². The van der Waals surface area contributed by atoms with Gasteiger partial charge in [-0.25, -0.2) is 0 Å². The van der Waals surface area contributed by atoms with Crippen molar-refractivity contribution in [2.45, 2.75) is 0 Å². The molecule has 0 saturated carbocycles. The molecule has 3 aromatic rings. The van der Waals surface area contributed by atoms with Gasteiger partial charge in [-0.15, -0.1) is 0 Å². The Morgan fingerprint density at radius 1 is 1.00 bits per heavy atom. The zero-order valence-corrected chi connectivity index (χ0v) is 11.8. The molecule has 0 amide bonds. The Bertz CT molecular complexity index is 802. The molecule has 0 atom stereocenters. The van der Waals surface area contributed by atoms with Crippen molar-refractivity contribution in [1.82, 2.24) is 0 Å². The van der Waals surface area contributed by atoms with Crippen LogP contribution in [-0.4, -0.2) is 20.5 Å². The number of carbonyl (C=O) groups is 1. The van der Waals surface area contributed by atoms with E-state index in [1.807, 2.05) is 30.3 Å². The molecule has 0 aliphatic carbocycles. The molecule has 4 nitrogen and oxygen atoms in total. The van der Waals surface area contributed by atoms with Gasteiger partial charge in [0.05, 0.1) is 19.8 Å². The number of fused-ring (bicyclic) bond motifs is 1. The van der Waals surface area contributed by atoms with E-state index < -0.39 is 0 Å². The number of ether oxygens (including phenoxy) is 2. The first-order valence-electron chi connectivity index (χ1n) is 6.47. The monoisotopic (exact) mass is 282 g/mol. The highest BCUT2D eigenvalue weighted by molar-refractivity contribution is 5.93. The van der Waals surface area contributed by atoms with Crippen molar-refractivity contribution in [3.63, 3.8) is 0 Å². The first-order valence-corrected chi connectivity index (χ1v) is 6.47. The van der Waals surface area contributed by atoms with Crippen LogP contribution in [0.5, 0.6) is 11.5 Å². The molecule has 0 aliphatic rings. The lowest BCUT2D eigenvalue weighted by Crippen LogP contribution is -1.86. The van der Waals surface area contributed by atoms with E-state index in [4.69, 9.17) is 13.9 Å². The summed E-state index contributed by atoms with van der Waals surface area (Å²) in [5, 5.41) is 0.817. The van der Waals surface area contributed by atoms with Gasteiger partial charge in [0.1, 0.15) is 17.8 Å². The molecule has 3 rings (SSSR count). The van der Waals surface area contributed by atoms with E-state index in [-0.39, 0.29) is 0 Å². The Morgan fingerprint density at radius 3 is 2.48 bits per heavy atom. The first-order chi connectivity index (χ1) is 10.3. The Hall–Kier alpha value is -2.75. The van der Waals surface area contributed by atoms with E-state index in [1.54, 1.807) is 26.4 Å². The van der Waals surface area contributed by atoms with Crippen molar-refractivity contribution in [3.8, 4) is 22.8 Å². The predicted octanol–water partition coefficient (Wildman–Crippen LogP) is 3.93. The molecular weight excluding hydrogens is 268 g/mol. The van der Waals surface area contributed by atoms with Crippen LogP contribution in [0.3, 0.4) is 0 Å². The van der Waals surface area contributed by atoms with Crippen molar-refractivity contribution < 1.29 is 18.7 Å². The zero-order chi connectivity index (χ0) is 14.8. The number of carbonyl (C=O) groups excluding carboxylic acids is 1. The molecule has 21 heavy (non-hydrogen) atoms. The maximum absolute atomic E-state index is 11.0.